The highest BCUT2D eigenvalue weighted by molar-refractivity contribution is 6.09. The van der Waals surface area contributed by atoms with Gasteiger partial charge in [0.15, 0.2) is 5.78 Å². The van der Waals surface area contributed by atoms with Gasteiger partial charge in [0.2, 0.25) is 0 Å². The minimum absolute atomic E-state index is 0.126. The average molecular weight is 244 g/mol. The van der Waals surface area contributed by atoms with Crippen LogP contribution in [0.2, 0.25) is 0 Å². The van der Waals surface area contributed by atoms with E-state index in [4.69, 9.17) is 4.74 Å². The van der Waals surface area contributed by atoms with Gasteiger partial charge in [-0.05, 0) is 18.9 Å². The summed E-state index contributed by atoms with van der Waals surface area (Å²) in [6.07, 6.45) is 4.15. The van der Waals surface area contributed by atoms with Crippen LogP contribution in [0.3, 0.4) is 0 Å². The molecule has 94 valence electrons. The first-order valence-corrected chi connectivity index (χ1v) is 6.20. The number of H-pyrrole nitrogens is 1. The number of para-hydroxylation sites is 1. The molecule has 4 nitrogen and oxygen atoms in total. The molecule has 0 unspecified atom stereocenters. The van der Waals surface area contributed by atoms with Crippen LogP contribution < -0.4 is 10.1 Å². The molecule has 1 aliphatic carbocycles. The van der Waals surface area contributed by atoms with Gasteiger partial charge in [0.25, 0.3) is 0 Å². The Bertz CT molecular complexity index is 584. The van der Waals surface area contributed by atoms with Crippen LogP contribution in [0.25, 0.3) is 10.9 Å². The van der Waals surface area contributed by atoms with Crippen molar-refractivity contribution in [3.05, 3.63) is 30.0 Å². The fourth-order valence-corrected chi connectivity index (χ4v) is 2.15. The van der Waals surface area contributed by atoms with E-state index < -0.39 is 0 Å². The molecule has 0 saturated heterocycles. The maximum Gasteiger partial charge on any atom is 0.178 e. The number of carbonyl (C=O) groups is 1. The van der Waals surface area contributed by atoms with Crippen LogP contribution in [0, 0.1) is 0 Å². The van der Waals surface area contributed by atoms with E-state index in [1.807, 2.05) is 18.2 Å². The number of nitrogens with one attached hydrogen (secondary N) is 2. The number of ether oxygens (including phenoxy) is 1. The van der Waals surface area contributed by atoms with Gasteiger partial charge >= 0.3 is 0 Å². The van der Waals surface area contributed by atoms with Gasteiger partial charge in [-0.2, -0.15) is 0 Å². The third kappa shape index (κ3) is 1.99. The zero-order valence-corrected chi connectivity index (χ0v) is 10.3. The number of Topliss-reactive ketones (excluding diaryl/α,β-unsaturated/α-hetero) is 1. The molecule has 1 aromatic heterocycles. The zero-order valence-electron chi connectivity index (χ0n) is 10.3. The van der Waals surface area contributed by atoms with Gasteiger partial charge < -0.3 is 15.0 Å². The highest BCUT2D eigenvalue weighted by Crippen LogP contribution is 2.27. The van der Waals surface area contributed by atoms with Gasteiger partial charge in [0, 0.05) is 23.2 Å². The summed E-state index contributed by atoms with van der Waals surface area (Å²) in [5, 5.41) is 4.17. The highest BCUT2D eigenvalue weighted by Gasteiger charge is 2.22. The fourth-order valence-electron chi connectivity index (χ4n) is 2.15. The van der Waals surface area contributed by atoms with Crippen molar-refractivity contribution in [3.8, 4) is 5.75 Å². The van der Waals surface area contributed by atoms with Crippen LogP contribution in [0.4, 0.5) is 0 Å². The summed E-state index contributed by atoms with van der Waals surface area (Å²) in [5.41, 5.74) is 1.62. The SMILES string of the molecule is COc1cccc2c(C(=O)CNC3CC3)c[nH]c12. The zero-order chi connectivity index (χ0) is 12.5. The number of methoxy groups -OCH3 is 1. The standard InChI is InChI=1S/C14H16N2O2/c1-18-13-4-2-3-10-11(7-16-14(10)13)12(17)8-15-9-5-6-9/h2-4,7,9,15-16H,5-6,8H2,1H3. The van der Waals surface area contributed by atoms with Gasteiger partial charge in [0.05, 0.1) is 19.2 Å². The van der Waals surface area contributed by atoms with Crippen LogP contribution in [-0.4, -0.2) is 30.5 Å². The number of benzene rings is 1. The molecule has 1 heterocycles. The molecular formula is C14H16N2O2. The van der Waals surface area contributed by atoms with E-state index in [1.54, 1.807) is 13.3 Å². The van der Waals surface area contributed by atoms with E-state index in [2.05, 4.69) is 10.3 Å². The van der Waals surface area contributed by atoms with Crippen molar-refractivity contribution in [1.29, 1.82) is 0 Å². The molecule has 0 bridgehead atoms. The predicted octanol–water partition coefficient (Wildman–Crippen LogP) is 2.11. The largest absolute Gasteiger partial charge is 0.495 e. The van der Waals surface area contributed by atoms with Crippen molar-refractivity contribution in [3.63, 3.8) is 0 Å². The molecule has 1 aromatic carbocycles. The Labute approximate surface area is 105 Å². The fraction of sp³-hybridized carbons (Fsp3) is 0.357. The summed E-state index contributed by atoms with van der Waals surface area (Å²) < 4.78 is 5.27. The molecule has 0 amide bonds. The quantitative estimate of drug-likeness (QED) is 0.792. The molecule has 0 spiro atoms. The number of aromatic nitrogens is 1. The van der Waals surface area contributed by atoms with Crippen molar-refractivity contribution in [1.82, 2.24) is 10.3 Å². The lowest BCUT2D eigenvalue weighted by Crippen LogP contribution is -2.24. The van der Waals surface area contributed by atoms with Crippen LogP contribution in [-0.2, 0) is 0 Å². The number of aromatic amines is 1. The summed E-state index contributed by atoms with van der Waals surface area (Å²) >= 11 is 0. The summed E-state index contributed by atoms with van der Waals surface area (Å²) in [6, 6.07) is 6.28. The molecule has 18 heavy (non-hydrogen) atoms. The maximum absolute atomic E-state index is 12.1. The molecule has 1 saturated carbocycles. The van der Waals surface area contributed by atoms with E-state index in [1.165, 1.54) is 12.8 Å². The van der Waals surface area contributed by atoms with Gasteiger partial charge in [-0.25, -0.2) is 0 Å². The molecule has 0 radical (unpaired) electrons. The average Bonchev–Trinajstić information content (AvgIpc) is 3.12. The molecular weight excluding hydrogens is 228 g/mol. The molecule has 3 rings (SSSR count). The predicted molar refractivity (Wildman–Crippen MR) is 70.2 cm³/mol. The highest BCUT2D eigenvalue weighted by atomic mass is 16.5. The topological polar surface area (TPSA) is 54.1 Å². The minimum atomic E-state index is 0.126. The van der Waals surface area contributed by atoms with E-state index in [-0.39, 0.29) is 5.78 Å². The minimum Gasteiger partial charge on any atom is -0.495 e. The van der Waals surface area contributed by atoms with Gasteiger partial charge in [-0.3, -0.25) is 4.79 Å². The molecule has 1 fully saturated rings. The van der Waals surface area contributed by atoms with Crippen LogP contribution >= 0.6 is 0 Å². The first-order chi connectivity index (χ1) is 8.79. The van der Waals surface area contributed by atoms with Crippen LogP contribution in [0.5, 0.6) is 5.75 Å². The Kier molecular flexibility index (Phi) is 2.80. The van der Waals surface area contributed by atoms with Crippen molar-refractivity contribution in [2.45, 2.75) is 18.9 Å². The maximum atomic E-state index is 12.1. The number of ketones is 1. The van der Waals surface area contributed by atoms with Crippen LogP contribution in [0.15, 0.2) is 24.4 Å². The summed E-state index contributed by atoms with van der Waals surface area (Å²) in [7, 11) is 1.63. The normalized spacial score (nSPS) is 14.9. The number of hydrogen-bond acceptors (Lipinski definition) is 3. The molecule has 0 atom stereocenters. The van der Waals surface area contributed by atoms with Crippen LogP contribution in [0.1, 0.15) is 23.2 Å². The lowest BCUT2D eigenvalue weighted by atomic mass is 10.1. The molecule has 2 aromatic rings. The van der Waals surface area contributed by atoms with Crippen molar-refractivity contribution >= 4 is 16.7 Å². The summed E-state index contributed by atoms with van der Waals surface area (Å²) in [6.45, 7) is 0.412. The molecule has 0 aliphatic heterocycles. The van der Waals surface area contributed by atoms with Crippen molar-refractivity contribution in [2.24, 2.45) is 0 Å². The van der Waals surface area contributed by atoms with Crippen molar-refractivity contribution in [2.75, 3.05) is 13.7 Å². The number of carbonyl (C=O) groups excluding carboxylic acids is 1. The first-order valence-electron chi connectivity index (χ1n) is 6.20. The second-order valence-corrected chi connectivity index (χ2v) is 4.66. The molecule has 2 N–H and O–H groups in total. The van der Waals surface area contributed by atoms with E-state index in [9.17, 15) is 4.79 Å². The summed E-state index contributed by atoms with van der Waals surface area (Å²) in [5.74, 6) is 0.892. The Hall–Kier alpha value is -1.81. The molecule has 4 heteroatoms. The van der Waals surface area contributed by atoms with E-state index >= 15 is 0 Å². The third-order valence-corrected chi connectivity index (χ3v) is 3.33. The Balaban J connectivity index is 1.89. The van der Waals surface area contributed by atoms with Gasteiger partial charge in [-0.1, -0.05) is 12.1 Å². The number of rotatable bonds is 5. The summed E-state index contributed by atoms with van der Waals surface area (Å²) in [4.78, 5) is 15.2. The first kappa shape index (κ1) is 11.3. The number of hydrogen-bond donors (Lipinski definition) is 2. The Morgan fingerprint density at radius 2 is 2.33 bits per heavy atom. The second-order valence-electron chi connectivity index (χ2n) is 4.66. The third-order valence-electron chi connectivity index (χ3n) is 3.33. The van der Waals surface area contributed by atoms with Crippen molar-refractivity contribution < 1.29 is 9.53 Å². The lowest BCUT2D eigenvalue weighted by molar-refractivity contribution is 0.0992. The number of fused-ring (bicyclic) bond motifs is 1. The Morgan fingerprint density at radius 3 is 3.06 bits per heavy atom. The van der Waals surface area contributed by atoms with Gasteiger partial charge in [0.1, 0.15) is 5.75 Å². The monoisotopic (exact) mass is 244 g/mol. The van der Waals surface area contributed by atoms with E-state index in [0.717, 1.165) is 22.2 Å². The molecule has 1 aliphatic rings. The van der Waals surface area contributed by atoms with Gasteiger partial charge in [-0.15, -0.1) is 0 Å². The smallest absolute Gasteiger partial charge is 0.178 e. The van der Waals surface area contributed by atoms with E-state index in [0.29, 0.717) is 12.6 Å². The Morgan fingerprint density at radius 1 is 1.50 bits per heavy atom. The lowest BCUT2D eigenvalue weighted by Gasteiger charge is -2.03. The second kappa shape index (κ2) is 4.46.